The molecule has 0 bridgehead atoms. The number of methoxy groups -OCH3 is 1. The fraction of sp³-hybridized carbons (Fsp3) is 0.429. The van der Waals surface area contributed by atoms with E-state index in [0.29, 0.717) is 23.6 Å². The number of likely N-dealkylation sites (N-methyl/N-ethyl adjacent to an activating group) is 1. The molecule has 0 aliphatic carbocycles. The molecule has 1 atom stereocenters. The van der Waals surface area contributed by atoms with Crippen LogP contribution in [-0.2, 0) is 26.1 Å². The summed E-state index contributed by atoms with van der Waals surface area (Å²) in [6.07, 6.45) is 7.76. The van der Waals surface area contributed by atoms with E-state index in [9.17, 15) is 14.7 Å². The molecule has 8 heteroatoms. The summed E-state index contributed by atoms with van der Waals surface area (Å²) in [5.74, 6) is -1.08. The largest absolute Gasteiger partial charge is 1.00 e. The zero-order valence-electron chi connectivity index (χ0n) is 21.7. The van der Waals surface area contributed by atoms with E-state index in [2.05, 4.69) is 29.6 Å². The summed E-state index contributed by atoms with van der Waals surface area (Å²) in [5.41, 5.74) is 3.98. The Labute approximate surface area is 241 Å². The molecule has 1 fully saturated rings. The molecule has 0 spiro atoms. The van der Waals surface area contributed by atoms with Gasteiger partial charge in [0.2, 0.25) is 0 Å². The van der Waals surface area contributed by atoms with E-state index in [1.165, 1.54) is 5.56 Å². The number of hydrogen-bond acceptors (Lipinski definition) is 6. The second-order valence-corrected chi connectivity index (χ2v) is 8.94. The Bertz CT molecular complexity index is 969. The molecule has 0 aromatic heterocycles. The minimum Gasteiger partial charge on any atom is -0.548 e. The Kier molecular flexibility index (Phi) is 15.4. The standard InChI is InChI=1S/C19H27NO4.C9H9ClO.Na/c1-20-17(18(21)22)5-3-4-15-6-8-16(9-7-15)19(14-23-2)10-12-24-13-11-19;1-2-7-4-3-5-9(10)8(7)6-11;/h3-4,6-9,17,20H,5,10-14H2,1-2H3,(H,21,22);3-6H,2H2,1H3;/q;;+1/p-1/b4-3+;;. The van der Waals surface area contributed by atoms with Crippen LogP contribution in [0.4, 0.5) is 0 Å². The van der Waals surface area contributed by atoms with Crippen molar-refractivity contribution in [1.82, 2.24) is 5.32 Å². The van der Waals surface area contributed by atoms with Gasteiger partial charge in [-0.15, -0.1) is 0 Å². The van der Waals surface area contributed by atoms with Crippen molar-refractivity contribution in [2.75, 3.05) is 34.0 Å². The number of carbonyl (C=O) groups excluding carboxylic acids is 2. The van der Waals surface area contributed by atoms with Gasteiger partial charge in [-0.2, -0.15) is 0 Å². The Balaban J connectivity index is 0.000000454. The van der Waals surface area contributed by atoms with Gasteiger partial charge in [0, 0.05) is 37.3 Å². The molecule has 1 N–H and O–H groups in total. The van der Waals surface area contributed by atoms with E-state index in [-0.39, 0.29) is 35.0 Å². The zero-order valence-corrected chi connectivity index (χ0v) is 24.5. The molecule has 36 heavy (non-hydrogen) atoms. The number of aryl methyl sites for hydroxylation is 1. The van der Waals surface area contributed by atoms with Gasteiger partial charge < -0.3 is 24.7 Å². The summed E-state index contributed by atoms with van der Waals surface area (Å²) in [5, 5.41) is 14.1. The van der Waals surface area contributed by atoms with Crippen LogP contribution in [0.15, 0.2) is 48.5 Å². The molecule has 190 valence electrons. The second-order valence-electron chi connectivity index (χ2n) is 8.53. The van der Waals surface area contributed by atoms with E-state index >= 15 is 0 Å². The summed E-state index contributed by atoms with van der Waals surface area (Å²) >= 11 is 5.78. The predicted octanol–water partition coefficient (Wildman–Crippen LogP) is 0.841. The molecule has 2 aromatic carbocycles. The van der Waals surface area contributed by atoms with Crippen molar-refractivity contribution < 1.29 is 53.7 Å². The number of hydrogen-bond donors (Lipinski definition) is 1. The number of benzene rings is 2. The van der Waals surface area contributed by atoms with Crippen LogP contribution in [0.2, 0.25) is 5.02 Å². The van der Waals surface area contributed by atoms with Gasteiger partial charge in [0.1, 0.15) is 0 Å². The third-order valence-corrected chi connectivity index (χ3v) is 6.68. The van der Waals surface area contributed by atoms with Crippen molar-refractivity contribution in [2.24, 2.45) is 0 Å². The third kappa shape index (κ3) is 9.42. The maximum absolute atomic E-state index is 10.9. The van der Waals surface area contributed by atoms with Crippen LogP contribution in [0.25, 0.3) is 6.08 Å². The Morgan fingerprint density at radius 3 is 2.39 bits per heavy atom. The van der Waals surface area contributed by atoms with E-state index in [0.717, 1.165) is 49.9 Å². The van der Waals surface area contributed by atoms with E-state index in [1.807, 2.05) is 31.2 Å². The third-order valence-electron chi connectivity index (χ3n) is 6.35. The smallest absolute Gasteiger partial charge is 0.548 e. The fourth-order valence-electron chi connectivity index (χ4n) is 4.20. The number of rotatable bonds is 10. The van der Waals surface area contributed by atoms with Crippen molar-refractivity contribution >= 4 is 29.9 Å². The van der Waals surface area contributed by atoms with Crippen molar-refractivity contribution in [3.63, 3.8) is 0 Å². The summed E-state index contributed by atoms with van der Waals surface area (Å²) in [6.45, 7) is 4.22. The first-order chi connectivity index (χ1) is 16.9. The molecule has 1 aliphatic heterocycles. The number of aldehydes is 1. The monoisotopic (exact) mass is 523 g/mol. The number of nitrogens with one attached hydrogen (secondary N) is 1. The summed E-state index contributed by atoms with van der Waals surface area (Å²) in [7, 11) is 3.36. The topological polar surface area (TPSA) is 87.7 Å². The van der Waals surface area contributed by atoms with Gasteiger partial charge in [-0.1, -0.05) is 67.1 Å². The Morgan fingerprint density at radius 2 is 1.89 bits per heavy atom. The average Bonchev–Trinajstić information content (AvgIpc) is 2.87. The van der Waals surface area contributed by atoms with E-state index in [1.54, 1.807) is 20.2 Å². The SMILES string of the molecule is CCc1cccc(Cl)c1C=O.CNC(C/C=C/c1ccc(C2(COC)CCOCC2)cc1)C(=O)[O-].[Na+]. The molecular formula is C28H35ClNNaO5. The minimum atomic E-state index is -1.08. The van der Waals surface area contributed by atoms with Gasteiger partial charge in [-0.25, -0.2) is 0 Å². The molecule has 1 saturated heterocycles. The fourth-order valence-corrected chi connectivity index (χ4v) is 4.44. The van der Waals surface area contributed by atoms with Crippen LogP contribution in [0, 0.1) is 0 Å². The maximum atomic E-state index is 10.9. The van der Waals surface area contributed by atoms with Gasteiger partial charge in [-0.05, 0) is 55.5 Å². The minimum absolute atomic E-state index is 0. The van der Waals surface area contributed by atoms with Crippen LogP contribution in [0.3, 0.4) is 0 Å². The van der Waals surface area contributed by atoms with Crippen molar-refractivity contribution in [3.8, 4) is 0 Å². The Hall–Kier alpha value is -1.51. The van der Waals surface area contributed by atoms with E-state index in [4.69, 9.17) is 21.1 Å². The molecule has 0 saturated carbocycles. The molecule has 3 rings (SSSR count). The molecule has 2 aromatic rings. The van der Waals surface area contributed by atoms with Crippen LogP contribution < -0.4 is 40.0 Å². The van der Waals surface area contributed by atoms with Gasteiger partial charge in [0.05, 0.1) is 17.6 Å². The van der Waals surface area contributed by atoms with Crippen molar-refractivity contribution in [2.45, 2.75) is 44.1 Å². The molecule has 1 aliphatic rings. The number of aliphatic carboxylic acids is 1. The first-order valence-electron chi connectivity index (χ1n) is 11.8. The number of ether oxygens (including phenoxy) is 2. The molecule has 1 unspecified atom stereocenters. The van der Waals surface area contributed by atoms with Gasteiger partial charge >= 0.3 is 29.6 Å². The number of carboxylic acid groups (broad SMARTS) is 1. The average molecular weight is 524 g/mol. The number of carbonyl (C=O) groups is 2. The van der Waals surface area contributed by atoms with Gasteiger partial charge in [0.15, 0.2) is 6.29 Å². The van der Waals surface area contributed by atoms with Crippen LogP contribution in [0.1, 0.15) is 53.2 Å². The second kappa shape index (κ2) is 17.1. The predicted molar refractivity (Wildman–Crippen MR) is 138 cm³/mol. The van der Waals surface area contributed by atoms with Crippen molar-refractivity contribution in [1.29, 1.82) is 0 Å². The number of carboxylic acids is 1. The maximum Gasteiger partial charge on any atom is 1.00 e. The summed E-state index contributed by atoms with van der Waals surface area (Å²) in [6, 6.07) is 13.2. The van der Waals surface area contributed by atoms with Gasteiger partial charge in [-0.3, -0.25) is 4.79 Å². The van der Waals surface area contributed by atoms with Crippen LogP contribution in [-0.4, -0.2) is 52.3 Å². The number of halogens is 1. The molecule has 1 heterocycles. The summed E-state index contributed by atoms with van der Waals surface area (Å²) < 4.78 is 11.0. The first-order valence-corrected chi connectivity index (χ1v) is 12.2. The molecular weight excluding hydrogens is 489 g/mol. The first kappa shape index (κ1) is 32.5. The summed E-state index contributed by atoms with van der Waals surface area (Å²) in [4.78, 5) is 21.4. The van der Waals surface area contributed by atoms with Crippen LogP contribution >= 0.6 is 11.6 Å². The van der Waals surface area contributed by atoms with Crippen LogP contribution in [0.5, 0.6) is 0 Å². The quantitative estimate of drug-likeness (QED) is 0.367. The normalized spacial score (nSPS) is 15.3. The van der Waals surface area contributed by atoms with Crippen molar-refractivity contribution in [3.05, 3.63) is 75.8 Å². The molecule has 0 amide bonds. The zero-order chi connectivity index (χ0) is 25.7. The Morgan fingerprint density at radius 1 is 1.22 bits per heavy atom. The molecule has 0 radical (unpaired) electrons. The molecule has 6 nitrogen and oxygen atoms in total. The van der Waals surface area contributed by atoms with Gasteiger partial charge in [0.25, 0.3) is 0 Å². The van der Waals surface area contributed by atoms with E-state index < -0.39 is 12.0 Å².